The molecule has 0 aromatic heterocycles. The molecular formula is C17H19ClN2O5S. The minimum atomic E-state index is -4.10. The molecule has 140 valence electrons. The maximum absolute atomic E-state index is 12.4. The summed E-state index contributed by atoms with van der Waals surface area (Å²) in [5, 5.41) is 11.1. The number of sulfonamides is 1. The number of nitrogens with one attached hydrogen (secondary N) is 1. The minimum Gasteiger partial charge on any atom is -0.492 e. The number of hydrogen-bond donors (Lipinski definition) is 1. The van der Waals surface area contributed by atoms with Crippen LogP contribution in [0.2, 0.25) is 5.02 Å². The van der Waals surface area contributed by atoms with Gasteiger partial charge in [-0.15, -0.1) is 0 Å². The van der Waals surface area contributed by atoms with E-state index in [9.17, 15) is 18.5 Å². The fraction of sp³-hybridized carbons (Fsp3) is 0.294. The summed E-state index contributed by atoms with van der Waals surface area (Å²) in [5.74, 6) is 0.937. The zero-order valence-electron chi connectivity index (χ0n) is 14.3. The fourth-order valence-electron chi connectivity index (χ4n) is 2.36. The van der Waals surface area contributed by atoms with Gasteiger partial charge in [-0.25, -0.2) is 13.1 Å². The van der Waals surface area contributed by atoms with Crippen molar-refractivity contribution in [2.24, 2.45) is 0 Å². The molecule has 0 radical (unpaired) electrons. The summed E-state index contributed by atoms with van der Waals surface area (Å²) in [6.45, 7) is 4.10. The lowest BCUT2D eigenvalue weighted by molar-refractivity contribution is -0.387. The van der Waals surface area contributed by atoms with E-state index in [1.807, 2.05) is 38.1 Å². The van der Waals surface area contributed by atoms with Crippen LogP contribution in [-0.4, -0.2) is 26.5 Å². The third kappa shape index (κ3) is 4.94. The number of rotatable bonds is 8. The highest BCUT2D eigenvalue weighted by molar-refractivity contribution is 7.89. The summed E-state index contributed by atoms with van der Waals surface area (Å²) in [6, 6.07) is 10.9. The molecule has 2 aromatic carbocycles. The number of hydrogen-bond acceptors (Lipinski definition) is 5. The van der Waals surface area contributed by atoms with Crippen molar-refractivity contribution >= 4 is 27.3 Å². The molecule has 0 amide bonds. The maximum Gasteiger partial charge on any atom is 0.289 e. The van der Waals surface area contributed by atoms with Crippen molar-refractivity contribution in [2.75, 3.05) is 13.2 Å². The highest BCUT2D eigenvalue weighted by Gasteiger charge is 2.25. The summed E-state index contributed by atoms with van der Waals surface area (Å²) in [5.41, 5.74) is 0.480. The maximum atomic E-state index is 12.4. The first-order valence-electron chi connectivity index (χ1n) is 7.87. The number of nitro groups is 1. The van der Waals surface area contributed by atoms with Gasteiger partial charge in [0.1, 0.15) is 12.4 Å². The lowest BCUT2D eigenvalue weighted by Gasteiger charge is -2.14. The molecule has 7 nitrogen and oxygen atoms in total. The molecule has 0 heterocycles. The zero-order valence-corrected chi connectivity index (χ0v) is 15.9. The zero-order chi connectivity index (χ0) is 19.3. The predicted octanol–water partition coefficient (Wildman–Crippen LogP) is 3.73. The van der Waals surface area contributed by atoms with E-state index < -0.39 is 25.5 Å². The molecule has 26 heavy (non-hydrogen) atoms. The number of nitro benzene ring substituents is 1. The minimum absolute atomic E-state index is 0.0432. The Balaban J connectivity index is 2.06. The van der Waals surface area contributed by atoms with Crippen molar-refractivity contribution in [3.8, 4) is 5.75 Å². The SMILES string of the molecule is CC(C)c1ccccc1OCCNS(=O)(=O)c1cc(Cl)ccc1[N+](=O)[O-]. The molecule has 0 saturated heterocycles. The van der Waals surface area contributed by atoms with Crippen molar-refractivity contribution < 1.29 is 18.1 Å². The van der Waals surface area contributed by atoms with E-state index in [4.69, 9.17) is 16.3 Å². The molecule has 0 atom stereocenters. The molecule has 9 heteroatoms. The van der Waals surface area contributed by atoms with Gasteiger partial charge >= 0.3 is 0 Å². The highest BCUT2D eigenvalue weighted by Crippen LogP contribution is 2.27. The lowest BCUT2D eigenvalue weighted by Crippen LogP contribution is -2.29. The van der Waals surface area contributed by atoms with Gasteiger partial charge in [0.05, 0.1) is 4.92 Å². The van der Waals surface area contributed by atoms with Gasteiger partial charge in [-0.2, -0.15) is 0 Å². The van der Waals surface area contributed by atoms with Gasteiger partial charge in [-0.1, -0.05) is 43.6 Å². The fourth-order valence-corrected chi connectivity index (χ4v) is 3.80. The molecule has 2 rings (SSSR count). The predicted molar refractivity (Wildman–Crippen MR) is 99.3 cm³/mol. The van der Waals surface area contributed by atoms with E-state index >= 15 is 0 Å². The van der Waals surface area contributed by atoms with Gasteiger partial charge in [0.25, 0.3) is 5.69 Å². The van der Waals surface area contributed by atoms with Crippen LogP contribution in [0.1, 0.15) is 25.3 Å². The number of para-hydroxylation sites is 1. The second-order valence-corrected chi connectivity index (χ2v) is 7.98. The summed E-state index contributed by atoms with van der Waals surface area (Å²) < 4.78 is 32.7. The van der Waals surface area contributed by atoms with E-state index in [1.54, 1.807) is 0 Å². The smallest absolute Gasteiger partial charge is 0.289 e. The molecular weight excluding hydrogens is 380 g/mol. The average Bonchev–Trinajstić information content (AvgIpc) is 2.58. The van der Waals surface area contributed by atoms with Crippen LogP contribution in [0.15, 0.2) is 47.4 Å². The van der Waals surface area contributed by atoms with Crippen LogP contribution in [-0.2, 0) is 10.0 Å². The molecule has 0 saturated carbocycles. The van der Waals surface area contributed by atoms with Crippen LogP contribution >= 0.6 is 11.6 Å². The summed E-state index contributed by atoms with van der Waals surface area (Å²) in [6.07, 6.45) is 0. The highest BCUT2D eigenvalue weighted by atomic mass is 35.5. The van der Waals surface area contributed by atoms with Crippen molar-refractivity contribution in [3.63, 3.8) is 0 Å². The Labute approximate surface area is 157 Å². The second kappa shape index (κ2) is 8.48. The normalized spacial score (nSPS) is 11.5. The molecule has 2 aromatic rings. The van der Waals surface area contributed by atoms with E-state index in [0.29, 0.717) is 5.75 Å². The third-order valence-electron chi connectivity index (χ3n) is 3.60. The molecule has 0 aliphatic heterocycles. The van der Waals surface area contributed by atoms with Gasteiger partial charge in [0, 0.05) is 17.6 Å². The number of nitrogens with zero attached hydrogens (tertiary/aromatic N) is 1. The van der Waals surface area contributed by atoms with Crippen LogP contribution in [0.5, 0.6) is 5.75 Å². The molecule has 0 unspecified atom stereocenters. The molecule has 0 spiro atoms. The topological polar surface area (TPSA) is 98.5 Å². The Morgan fingerprint density at radius 3 is 2.58 bits per heavy atom. The van der Waals surface area contributed by atoms with E-state index in [1.165, 1.54) is 6.07 Å². The van der Waals surface area contributed by atoms with Crippen LogP contribution in [0.25, 0.3) is 0 Å². The first-order valence-corrected chi connectivity index (χ1v) is 9.74. The Hall–Kier alpha value is -2.16. The molecule has 0 bridgehead atoms. The van der Waals surface area contributed by atoms with Crippen molar-refractivity contribution in [3.05, 3.63) is 63.2 Å². The lowest BCUT2D eigenvalue weighted by atomic mass is 10.0. The summed E-state index contributed by atoms with van der Waals surface area (Å²) in [7, 11) is -4.10. The van der Waals surface area contributed by atoms with Gasteiger partial charge in [0.2, 0.25) is 10.0 Å². The Kier molecular flexibility index (Phi) is 6.57. The largest absolute Gasteiger partial charge is 0.492 e. The quantitative estimate of drug-likeness (QED) is 0.415. The first kappa shape index (κ1) is 20.2. The number of halogens is 1. The summed E-state index contributed by atoms with van der Waals surface area (Å²) in [4.78, 5) is 9.80. The third-order valence-corrected chi connectivity index (χ3v) is 5.33. The van der Waals surface area contributed by atoms with E-state index in [0.717, 1.165) is 17.7 Å². The molecule has 0 aliphatic carbocycles. The average molecular weight is 399 g/mol. The first-order chi connectivity index (χ1) is 12.2. The monoisotopic (exact) mass is 398 g/mol. The standard InChI is InChI=1S/C17H19ClN2O5S/c1-12(2)14-5-3-4-6-16(14)25-10-9-19-26(23,24)17-11-13(18)7-8-15(17)20(21)22/h3-8,11-12,19H,9-10H2,1-2H3. The van der Waals surface area contributed by atoms with Gasteiger partial charge in [-0.3, -0.25) is 10.1 Å². The van der Waals surface area contributed by atoms with Crippen LogP contribution < -0.4 is 9.46 Å². The molecule has 0 aliphatic rings. The van der Waals surface area contributed by atoms with Gasteiger partial charge < -0.3 is 4.74 Å². The van der Waals surface area contributed by atoms with Crippen LogP contribution in [0, 0.1) is 10.1 Å². The van der Waals surface area contributed by atoms with E-state index in [-0.39, 0.29) is 24.1 Å². The Morgan fingerprint density at radius 2 is 1.92 bits per heavy atom. The Morgan fingerprint density at radius 1 is 1.23 bits per heavy atom. The summed E-state index contributed by atoms with van der Waals surface area (Å²) >= 11 is 5.78. The van der Waals surface area contributed by atoms with Crippen molar-refractivity contribution in [2.45, 2.75) is 24.7 Å². The van der Waals surface area contributed by atoms with Gasteiger partial charge in [0.15, 0.2) is 4.90 Å². The van der Waals surface area contributed by atoms with Crippen molar-refractivity contribution in [1.29, 1.82) is 0 Å². The van der Waals surface area contributed by atoms with Gasteiger partial charge in [-0.05, 0) is 29.7 Å². The number of ether oxygens (including phenoxy) is 1. The Bertz CT molecular complexity index is 900. The second-order valence-electron chi connectivity index (χ2n) is 5.81. The van der Waals surface area contributed by atoms with Crippen molar-refractivity contribution in [1.82, 2.24) is 4.72 Å². The molecule has 0 fully saturated rings. The van der Waals surface area contributed by atoms with Crippen LogP contribution in [0.4, 0.5) is 5.69 Å². The van der Waals surface area contributed by atoms with E-state index in [2.05, 4.69) is 4.72 Å². The molecule has 1 N–H and O–H groups in total. The number of benzene rings is 2. The van der Waals surface area contributed by atoms with Crippen LogP contribution in [0.3, 0.4) is 0 Å².